The lowest BCUT2D eigenvalue weighted by Crippen LogP contribution is -2.20. The quantitative estimate of drug-likeness (QED) is 0.300. The highest BCUT2D eigenvalue weighted by atomic mass is 32.1. The first kappa shape index (κ1) is 24.2. The van der Waals surface area contributed by atoms with Crippen LogP contribution in [0.5, 0.6) is 0 Å². The Labute approximate surface area is 217 Å². The molecule has 0 unspecified atom stereocenters. The molecule has 3 aromatic carbocycles. The number of fused-ring (bicyclic) bond motifs is 1. The van der Waals surface area contributed by atoms with E-state index in [-0.39, 0.29) is 5.56 Å². The number of aryl methyl sites for hydroxylation is 3. The van der Waals surface area contributed by atoms with Crippen molar-refractivity contribution in [1.29, 1.82) is 0 Å². The highest BCUT2D eigenvalue weighted by molar-refractivity contribution is 7.15. The van der Waals surface area contributed by atoms with Crippen LogP contribution in [0, 0.1) is 20.8 Å². The Balaban J connectivity index is 1.44. The highest BCUT2D eigenvalue weighted by Crippen LogP contribution is 2.31. The van der Waals surface area contributed by atoms with Crippen molar-refractivity contribution < 1.29 is 14.3 Å². The summed E-state index contributed by atoms with van der Waals surface area (Å²) in [7, 11) is 0. The van der Waals surface area contributed by atoms with Crippen LogP contribution in [0.1, 0.15) is 26.5 Å². The summed E-state index contributed by atoms with van der Waals surface area (Å²) in [5.41, 5.74) is 7.13. The van der Waals surface area contributed by atoms with Crippen LogP contribution in [0.25, 0.3) is 33.5 Å². The Hall–Kier alpha value is -4.50. The van der Waals surface area contributed by atoms with E-state index >= 15 is 0 Å². The van der Waals surface area contributed by atoms with Crippen LogP contribution < -0.4 is 5.32 Å². The van der Waals surface area contributed by atoms with Crippen LogP contribution in [-0.4, -0.2) is 38.6 Å². The number of esters is 1. The minimum Gasteiger partial charge on any atom is -0.452 e. The normalized spacial score (nSPS) is 10.9. The molecule has 0 aliphatic rings. The van der Waals surface area contributed by atoms with Crippen molar-refractivity contribution in [1.82, 2.24) is 20.2 Å². The minimum absolute atomic E-state index is 0.277. The molecule has 184 valence electrons. The summed E-state index contributed by atoms with van der Waals surface area (Å²) in [4.78, 5) is 34.6. The summed E-state index contributed by atoms with van der Waals surface area (Å²) in [6, 6.07) is 21.2. The molecule has 1 N–H and O–H groups in total. The molecule has 1 amide bonds. The van der Waals surface area contributed by atoms with Gasteiger partial charge in [-0.05, 0) is 39.0 Å². The molecule has 0 fully saturated rings. The van der Waals surface area contributed by atoms with E-state index in [1.165, 1.54) is 11.3 Å². The zero-order chi connectivity index (χ0) is 25.9. The first-order chi connectivity index (χ1) is 17.9. The topological polar surface area (TPSA) is 107 Å². The van der Waals surface area contributed by atoms with Gasteiger partial charge in [-0.15, -0.1) is 10.2 Å². The maximum atomic E-state index is 12.7. The molecule has 2 heterocycles. The number of ether oxygens (including phenoxy) is 1. The fourth-order valence-corrected chi connectivity index (χ4v) is 4.33. The van der Waals surface area contributed by atoms with E-state index in [4.69, 9.17) is 14.7 Å². The number of nitrogens with one attached hydrogen (secondary N) is 1. The first-order valence-electron chi connectivity index (χ1n) is 11.6. The molecule has 0 aliphatic heterocycles. The van der Waals surface area contributed by atoms with Crippen LogP contribution in [0.2, 0.25) is 0 Å². The number of nitrogens with zero attached hydrogens (tertiary/aromatic N) is 4. The zero-order valence-corrected chi connectivity index (χ0v) is 21.3. The third kappa shape index (κ3) is 5.52. The predicted molar refractivity (Wildman–Crippen MR) is 143 cm³/mol. The second-order valence-corrected chi connectivity index (χ2v) is 9.79. The SMILES string of the molecule is Cc1ccc(-c2nc3ccc(C(=O)OCC(=O)Nc4nnc(C)s4)cc3nc2-c2ccc(C)cc2)cc1. The Morgan fingerprint density at radius 1 is 0.784 bits per heavy atom. The van der Waals surface area contributed by atoms with Crippen molar-refractivity contribution in [2.75, 3.05) is 11.9 Å². The van der Waals surface area contributed by atoms with Crippen molar-refractivity contribution in [2.45, 2.75) is 20.8 Å². The molecule has 9 heteroatoms. The second-order valence-electron chi connectivity index (χ2n) is 8.61. The van der Waals surface area contributed by atoms with Gasteiger partial charge in [-0.2, -0.15) is 0 Å². The fourth-order valence-electron chi connectivity index (χ4n) is 3.72. The molecular weight excluding hydrogens is 486 g/mol. The number of benzene rings is 3. The maximum absolute atomic E-state index is 12.7. The van der Waals surface area contributed by atoms with Gasteiger partial charge in [-0.3, -0.25) is 10.1 Å². The van der Waals surface area contributed by atoms with E-state index in [2.05, 4.69) is 15.5 Å². The number of anilines is 1. The van der Waals surface area contributed by atoms with Gasteiger partial charge in [0.25, 0.3) is 5.91 Å². The molecule has 5 aromatic rings. The maximum Gasteiger partial charge on any atom is 0.338 e. The third-order valence-electron chi connectivity index (χ3n) is 5.66. The molecule has 5 rings (SSSR count). The Bertz CT molecular complexity index is 1610. The molecule has 37 heavy (non-hydrogen) atoms. The van der Waals surface area contributed by atoms with Crippen LogP contribution in [0.4, 0.5) is 5.13 Å². The van der Waals surface area contributed by atoms with E-state index < -0.39 is 18.5 Å². The van der Waals surface area contributed by atoms with Crippen molar-refractivity contribution >= 4 is 39.4 Å². The van der Waals surface area contributed by atoms with Crippen LogP contribution in [-0.2, 0) is 9.53 Å². The number of amides is 1. The number of hydrogen-bond acceptors (Lipinski definition) is 8. The van der Waals surface area contributed by atoms with Crippen molar-refractivity contribution in [3.63, 3.8) is 0 Å². The Kier molecular flexibility index (Phi) is 6.70. The third-order valence-corrected chi connectivity index (χ3v) is 6.41. The lowest BCUT2D eigenvalue weighted by molar-refractivity contribution is -0.119. The van der Waals surface area contributed by atoms with Gasteiger partial charge in [0.05, 0.1) is 28.0 Å². The van der Waals surface area contributed by atoms with Gasteiger partial charge in [0.1, 0.15) is 5.01 Å². The largest absolute Gasteiger partial charge is 0.452 e. The van der Waals surface area contributed by atoms with Gasteiger partial charge in [-0.25, -0.2) is 14.8 Å². The molecular formula is C28H23N5O3S. The summed E-state index contributed by atoms with van der Waals surface area (Å²) in [6.45, 7) is 5.41. The van der Waals surface area contributed by atoms with Gasteiger partial charge in [0, 0.05) is 11.1 Å². The van der Waals surface area contributed by atoms with Gasteiger partial charge < -0.3 is 4.74 Å². The van der Waals surface area contributed by atoms with Crippen LogP contribution in [0.15, 0.2) is 66.7 Å². The molecule has 0 radical (unpaired) electrons. The summed E-state index contributed by atoms with van der Waals surface area (Å²) < 4.78 is 5.21. The lowest BCUT2D eigenvalue weighted by Gasteiger charge is -2.12. The summed E-state index contributed by atoms with van der Waals surface area (Å²) >= 11 is 1.24. The number of hydrogen-bond donors (Lipinski definition) is 1. The molecule has 2 aromatic heterocycles. The first-order valence-corrected chi connectivity index (χ1v) is 12.4. The standard InChI is InChI=1S/C28H23N5O3S/c1-16-4-8-19(9-5-16)25-26(20-10-6-17(2)7-11-20)30-23-14-21(12-13-22(23)29-25)27(35)36-15-24(34)31-28-33-32-18(3)37-28/h4-14H,15H2,1-3H3,(H,31,33,34). The van der Waals surface area contributed by atoms with E-state index in [1.54, 1.807) is 25.1 Å². The van der Waals surface area contributed by atoms with Gasteiger partial charge in [-0.1, -0.05) is 71.0 Å². The highest BCUT2D eigenvalue weighted by Gasteiger charge is 2.16. The van der Waals surface area contributed by atoms with Crippen molar-refractivity contribution in [2.24, 2.45) is 0 Å². The van der Waals surface area contributed by atoms with Gasteiger partial charge >= 0.3 is 5.97 Å². The monoisotopic (exact) mass is 509 g/mol. The van der Waals surface area contributed by atoms with E-state index in [1.807, 2.05) is 62.4 Å². The van der Waals surface area contributed by atoms with Crippen LogP contribution >= 0.6 is 11.3 Å². The predicted octanol–water partition coefficient (Wildman–Crippen LogP) is 5.54. The minimum atomic E-state index is -0.633. The summed E-state index contributed by atoms with van der Waals surface area (Å²) in [5.74, 6) is -1.12. The molecule has 0 saturated carbocycles. The van der Waals surface area contributed by atoms with E-state index in [9.17, 15) is 9.59 Å². The molecule has 0 aliphatic carbocycles. The molecule has 0 bridgehead atoms. The molecule has 0 spiro atoms. The van der Waals surface area contributed by atoms with Crippen LogP contribution in [0.3, 0.4) is 0 Å². The summed E-state index contributed by atoms with van der Waals surface area (Å²) in [6.07, 6.45) is 0. The second kappa shape index (κ2) is 10.2. The van der Waals surface area contributed by atoms with E-state index in [0.717, 1.165) is 33.0 Å². The smallest absolute Gasteiger partial charge is 0.338 e. The van der Waals surface area contributed by atoms with Gasteiger partial charge in [0.2, 0.25) is 5.13 Å². The lowest BCUT2D eigenvalue weighted by atomic mass is 10.0. The number of carbonyl (C=O) groups is 2. The zero-order valence-electron chi connectivity index (χ0n) is 20.5. The Morgan fingerprint density at radius 3 is 1.95 bits per heavy atom. The van der Waals surface area contributed by atoms with Crippen molar-refractivity contribution in [3.05, 3.63) is 88.4 Å². The fraction of sp³-hybridized carbons (Fsp3) is 0.143. The number of aromatic nitrogens is 4. The average Bonchev–Trinajstić information content (AvgIpc) is 3.31. The molecule has 0 saturated heterocycles. The molecule has 8 nitrogen and oxygen atoms in total. The van der Waals surface area contributed by atoms with E-state index in [0.29, 0.717) is 21.9 Å². The average molecular weight is 510 g/mol. The number of rotatable bonds is 6. The van der Waals surface area contributed by atoms with Gasteiger partial charge in [0.15, 0.2) is 6.61 Å². The van der Waals surface area contributed by atoms with Crippen molar-refractivity contribution in [3.8, 4) is 22.5 Å². The number of carbonyl (C=O) groups excluding carboxylic acids is 2. The summed E-state index contributed by atoms with van der Waals surface area (Å²) in [5, 5.41) is 11.3. The molecule has 0 atom stereocenters. The Morgan fingerprint density at radius 2 is 1.38 bits per heavy atom.